The van der Waals surface area contributed by atoms with E-state index in [-0.39, 0.29) is 23.3 Å². The molecule has 0 atom stereocenters. The number of likely N-dealkylation sites (N-methyl/N-ethyl adjacent to an activating group) is 1. The molecule has 0 radical (unpaired) electrons. The number of amides is 1. The molecule has 3 heterocycles. The first-order valence-corrected chi connectivity index (χ1v) is 17.8. The number of aryl methyl sites for hydroxylation is 1. The van der Waals surface area contributed by atoms with Crippen LogP contribution in [0.15, 0.2) is 64.2 Å². The van der Waals surface area contributed by atoms with Crippen molar-refractivity contribution in [1.82, 2.24) is 34.2 Å². The Balaban J connectivity index is 0.000000213. The summed E-state index contributed by atoms with van der Waals surface area (Å²) < 4.78 is 8.86. The highest BCUT2D eigenvalue weighted by Crippen LogP contribution is 2.29. The molecule has 5 N–H and O–H groups in total. The van der Waals surface area contributed by atoms with Crippen LogP contribution >= 0.6 is 23.2 Å². The smallest absolute Gasteiger partial charge is 0.326 e. The Hall–Kier alpha value is -4.23. The number of anilines is 1. The highest BCUT2D eigenvalue weighted by Gasteiger charge is 2.23. The van der Waals surface area contributed by atoms with Crippen LogP contribution in [0.4, 0.5) is 5.69 Å². The summed E-state index contributed by atoms with van der Waals surface area (Å²) in [6.07, 6.45) is 2.78. The number of rotatable bonds is 12. The number of nitrogens with zero attached hydrogens (tertiary/aromatic N) is 4. The largest absolute Gasteiger partial charge is 0.496 e. The molecule has 0 bridgehead atoms. The zero-order valence-corrected chi connectivity index (χ0v) is 30.3. The van der Waals surface area contributed by atoms with Gasteiger partial charge in [-0.05, 0) is 75.3 Å². The third-order valence-electron chi connectivity index (χ3n) is 9.31. The monoisotopic (exact) mass is 724 g/mol. The summed E-state index contributed by atoms with van der Waals surface area (Å²) >= 11 is 12.0. The van der Waals surface area contributed by atoms with Gasteiger partial charge in [0.1, 0.15) is 5.75 Å². The lowest BCUT2D eigenvalue weighted by molar-refractivity contribution is 0.0946. The molecule has 268 valence electrons. The number of hydrogen-bond acceptors (Lipinski definition) is 7. The Labute approximate surface area is 301 Å². The average Bonchev–Trinajstić information content (AvgIpc) is 3.62. The van der Waals surface area contributed by atoms with Gasteiger partial charge in [0.05, 0.1) is 45.5 Å². The number of carbonyl (C=O) groups excluding carboxylic acids is 1. The Morgan fingerprint density at radius 2 is 1.68 bits per heavy atom. The standard InChI is InChI=1S/C22H24ClN5O2.C14H22ClN3O2/c23-15-6-7-20-18(14-15)25-22(30)28(20)16-8-12-26(13-9-16)10-3-11-27-19-5-2-1-4-17(19)24-21(27)29;1-4-18(5-2)7-6-17-14(19)10-8-11(15)12(16)9-13(10)20-3/h1-2,4-7,14,16H,3,8-13H2,(H,24,29)(H,25,30);8-9H,4-7,16H2,1-3H3,(H,17,19). The lowest BCUT2D eigenvalue weighted by Crippen LogP contribution is -2.37. The molecule has 50 heavy (non-hydrogen) atoms. The summed E-state index contributed by atoms with van der Waals surface area (Å²) in [6, 6.07) is 16.6. The quantitative estimate of drug-likeness (QED) is 0.127. The molecular weight excluding hydrogens is 679 g/mol. The van der Waals surface area contributed by atoms with Crippen molar-refractivity contribution >= 4 is 56.9 Å². The molecule has 0 saturated carbocycles. The number of para-hydroxylation sites is 2. The summed E-state index contributed by atoms with van der Waals surface area (Å²) in [5.74, 6) is 0.211. The first-order chi connectivity index (χ1) is 24.1. The second-order valence-corrected chi connectivity index (χ2v) is 13.2. The molecule has 14 heteroatoms. The maximum Gasteiger partial charge on any atom is 0.326 e. The fourth-order valence-corrected chi connectivity index (χ4v) is 6.86. The number of benzene rings is 3. The minimum atomic E-state index is -0.212. The predicted molar refractivity (Wildman–Crippen MR) is 202 cm³/mol. The molecule has 1 fully saturated rings. The van der Waals surface area contributed by atoms with Gasteiger partial charge in [-0.1, -0.05) is 49.2 Å². The van der Waals surface area contributed by atoms with Crippen molar-refractivity contribution < 1.29 is 9.53 Å². The van der Waals surface area contributed by atoms with E-state index in [4.69, 9.17) is 33.7 Å². The minimum Gasteiger partial charge on any atom is -0.496 e. The number of aromatic nitrogens is 4. The van der Waals surface area contributed by atoms with Crippen LogP contribution in [0, 0.1) is 0 Å². The number of nitrogen functional groups attached to an aromatic ring is 1. The first-order valence-electron chi connectivity index (χ1n) is 17.1. The van der Waals surface area contributed by atoms with Crippen molar-refractivity contribution in [2.24, 2.45) is 0 Å². The van der Waals surface area contributed by atoms with Gasteiger partial charge >= 0.3 is 11.4 Å². The normalized spacial score (nSPS) is 13.9. The van der Waals surface area contributed by atoms with Crippen molar-refractivity contribution in [3.8, 4) is 5.75 Å². The fraction of sp³-hybridized carbons (Fsp3) is 0.417. The van der Waals surface area contributed by atoms with Crippen LogP contribution in [0.1, 0.15) is 49.5 Å². The van der Waals surface area contributed by atoms with Crippen molar-refractivity contribution in [3.63, 3.8) is 0 Å². The Kier molecular flexibility index (Phi) is 12.7. The first kappa shape index (κ1) is 37.0. The molecule has 2 aromatic heterocycles. The second-order valence-electron chi connectivity index (χ2n) is 12.3. The summed E-state index contributed by atoms with van der Waals surface area (Å²) in [7, 11) is 1.50. The number of aromatic amines is 2. The lowest BCUT2D eigenvalue weighted by atomic mass is 10.0. The zero-order valence-electron chi connectivity index (χ0n) is 28.8. The summed E-state index contributed by atoms with van der Waals surface area (Å²) in [4.78, 5) is 47.3. The van der Waals surface area contributed by atoms with Gasteiger partial charge in [-0.25, -0.2) is 9.59 Å². The van der Waals surface area contributed by atoms with Crippen LogP contribution < -0.4 is 27.2 Å². The van der Waals surface area contributed by atoms with E-state index in [0.29, 0.717) is 40.1 Å². The number of imidazole rings is 2. The van der Waals surface area contributed by atoms with Gasteiger partial charge in [0, 0.05) is 49.9 Å². The molecule has 0 spiro atoms. The summed E-state index contributed by atoms with van der Waals surface area (Å²) in [5.41, 5.74) is 9.91. The van der Waals surface area contributed by atoms with Gasteiger partial charge in [0.2, 0.25) is 0 Å². The third-order valence-corrected chi connectivity index (χ3v) is 9.87. The fourth-order valence-electron chi connectivity index (χ4n) is 6.53. The number of nitrogens with one attached hydrogen (secondary N) is 3. The highest BCUT2D eigenvalue weighted by atomic mass is 35.5. The summed E-state index contributed by atoms with van der Waals surface area (Å²) in [5, 5.41) is 3.83. The van der Waals surface area contributed by atoms with E-state index in [1.165, 1.54) is 13.2 Å². The second kappa shape index (κ2) is 17.1. The predicted octanol–water partition coefficient (Wildman–Crippen LogP) is 5.36. The zero-order chi connectivity index (χ0) is 35.8. The van der Waals surface area contributed by atoms with Gasteiger partial charge in [0.25, 0.3) is 5.91 Å². The minimum absolute atomic E-state index is 0.0475. The van der Waals surface area contributed by atoms with Gasteiger partial charge in [0.15, 0.2) is 0 Å². The average molecular weight is 726 g/mol. The number of halogens is 2. The Bertz CT molecular complexity index is 2020. The molecule has 5 aromatic rings. The Morgan fingerprint density at radius 1 is 0.960 bits per heavy atom. The van der Waals surface area contributed by atoms with E-state index in [2.05, 4.69) is 38.9 Å². The molecular formula is C36H46Cl2N8O4. The molecule has 1 aliphatic heterocycles. The molecule has 12 nitrogen and oxygen atoms in total. The summed E-state index contributed by atoms with van der Waals surface area (Å²) in [6.45, 7) is 11.0. The Morgan fingerprint density at radius 3 is 2.40 bits per heavy atom. The van der Waals surface area contributed by atoms with E-state index in [1.807, 2.05) is 45.5 Å². The van der Waals surface area contributed by atoms with Gasteiger partial charge in [-0.3, -0.25) is 13.9 Å². The van der Waals surface area contributed by atoms with Gasteiger partial charge in [-0.2, -0.15) is 0 Å². The van der Waals surface area contributed by atoms with Gasteiger partial charge in [-0.15, -0.1) is 0 Å². The molecule has 1 saturated heterocycles. The molecule has 1 aliphatic rings. The van der Waals surface area contributed by atoms with Crippen molar-refractivity contribution in [3.05, 3.63) is 91.2 Å². The number of carbonyl (C=O) groups is 1. The molecule has 1 amide bonds. The van der Waals surface area contributed by atoms with Crippen LogP contribution in [-0.2, 0) is 6.54 Å². The van der Waals surface area contributed by atoms with Crippen LogP contribution in [0.2, 0.25) is 10.0 Å². The van der Waals surface area contributed by atoms with Crippen LogP contribution in [0.3, 0.4) is 0 Å². The molecule has 6 rings (SSSR count). The number of hydrogen-bond donors (Lipinski definition) is 4. The molecule has 0 aliphatic carbocycles. The van der Waals surface area contributed by atoms with Crippen LogP contribution in [0.25, 0.3) is 22.1 Å². The number of piperidine rings is 1. The van der Waals surface area contributed by atoms with Crippen LogP contribution in [0.5, 0.6) is 5.75 Å². The SMILES string of the molecule is CCN(CC)CCNC(=O)c1cc(Cl)c(N)cc1OC.O=c1[nH]c2ccccc2n1CCCN1CCC(n2c(=O)[nH]c3cc(Cl)ccc32)CC1. The number of ether oxygens (including phenoxy) is 1. The maximum atomic E-state index is 12.5. The van der Waals surface area contributed by atoms with Crippen molar-refractivity contribution in [1.29, 1.82) is 0 Å². The highest BCUT2D eigenvalue weighted by molar-refractivity contribution is 6.33. The van der Waals surface area contributed by atoms with Crippen molar-refractivity contribution in [2.75, 3.05) is 58.7 Å². The van der Waals surface area contributed by atoms with Crippen molar-refractivity contribution in [2.45, 2.75) is 45.7 Å². The van der Waals surface area contributed by atoms with E-state index in [1.54, 1.807) is 12.1 Å². The van der Waals surface area contributed by atoms with E-state index >= 15 is 0 Å². The third kappa shape index (κ3) is 8.73. The molecule has 3 aromatic carbocycles. The molecule has 0 unspecified atom stereocenters. The van der Waals surface area contributed by atoms with Crippen LogP contribution in [-0.4, -0.2) is 87.7 Å². The van der Waals surface area contributed by atoms with E-state index in [9.17, 15) is 14.4 Å². The number of likely N-dealkylation sites (tertiary alicyclic amines) is 1. The van der Waals surface area contributed by atoms with Gasteiger partial charge < -0.3 is 35.6 Å². The topological polar surface area (TPSA) is 146 Å². The number of fused-ring (bicyclic) bond motifs is 2. The maximum absolute atomic E-state index is 12.5. The lowest BCUT2D eigenvalue weighted by Gasteiger charge is -2.32. The van der Waals surface area contributed by atoms with E-state index < -0.39 is 0 Å². The number of H-pyrrole nitrogens is 2. The number of nitrogens with two attached hydrogens (primary N) is 1. The number of methoxy groups -OCH3 is 1. The van der Waals surface area contributed by atoms with E-state index in [0.717, 1.165) is 80.6 Å².